The van der Waals surface area contributed by atoms with Crippen LogP contribution >= 0.6 is 0 Å². The highest BCUT2D eigenvalue weighted by atomic mass is 16.5. The zero-order chi connectivity index (χ0) is 17.8. The van der Waals surface area contributed by atoms with E-state index >= 15 is 0 Å². The Morgan fingerprint density at radius 3 is 2.84 bits per heavy atom. The monoisotopic (exact) mass is 339 g/mol. The van der Waals surface area contributed by atoms with Crippen molar-refractivity contribution < 1.29 is 19.1 Å². The number of benzene rings is 2. The number of hydrogen-bond acceptors (Lipinski definition) is 4. The van der Waals surface area contributed by atoms with Crippen molar-refractivity contribution in [2.75, 3.05) is 6.61 Å². The van der Waals surface area contributed by atoms with Crippen LogP contribution in [0.1, 0.15) is 53.9 Å². The lowest BCUT2D eigenvalue weighted by atomic mass is 10.0. The van der Waals surface area contributed by atoms with Crippen molar-refractivity contribution >= 4 is 11.9 Å². The molecule has 0 bridgehead atoms. The van der Waals surface area contributed by atoms with Gasteiger partial charge in [0, 0.05) is 5.56 Å². The SMILES string of the molecule is CCOc1cccc([C@H](C)NC(=O)C[C@H]2OC(=O)c3ccccc32)c1. The smallest absolute Gasteiger partial charge is 0.339 e. The number of rotatable bonds is 6. The van der Waals surface area contributed by atoms with Gasteiger partial charge >= 0.3 is 5.97 Å². The van der Waals surface area contributed by atoms with E-state index in [-0.39, 0.29) is 24.3 Å². The van der Waals surface area contributed by atoms with Gasteiger partial charge in [0.25, 0.3) is 0 Å². The average molecular weight is 339 g/mol. The molecule has 1 aliphatic rings. The molecular formula is C20H21NO4. The first-order valence-electron chi connectivity index (χ1n) is 8.40. The summed E-state index contributed by atoms with van der Waals surface area (Å²) in [5, 5.41) is 2.95. The second-order valence-electron chi connectivity index (χ2n) is 5.98. The van der Waals surface area contributed by atoms with E-state index in [1.807, 2.05) is 50.2 Å². The van der Waals surface area contributed by atoms with Gasteiger partial charge in [-0.05, 0) is 37.6 Å². The molecule has 0 unspecified atom stereocenters. The van der Waals surface area contributed by atoms with Crippen LogP contribution in [0.4, 0.5) is 0 Å². The molecule has 0 fully saturated rings. The highest BCUT2D eigenvalue weighted by Crippen LogP contribution is 2.32. The number of nitrogens with one attached hydrogen (secondary N) is 1. The van der Waals surface area contributed by atoms with Crippen LogP contribution in [-0.4, -0.2) is 18.5 Å². The molecule has 1 aliphatic heterocycles. The van der Waals surface area contributed by atoms with E-state index < -0.39 is 6.10 Å². The summed E-state index contributed by atoms with van der Waals surface area (Å²) in [4.78, 5) is 24.2. The molecule has 1 heterocycles. The predicted molar refractivity (Wildman–Crippen MR) is 93.4 cm³/mol. The van der Waals surface area contributed by atoms with Gasteiger partial charge in [-0.2, -0.15) is 0 Å². The minimum atomic E-state index is -0.523. The Labute approximate surface area is 147 Å². The maximum Gasteiger partial charge on any atom is 0.339 e. The van der Waals surface area contributed by atoms with Crippen LogP contribution in [0, 0.1) is 0 Å². The number of carbonyl (C=O) groups is 2. The molecule has 5 nitrogen and oxygen atoms in total. The van der Waals surface area contributed by atoms with Crippen molar-refractivity contribution in [3.63, 3.8) is 0 Å². The fourth-order valence-corrected chi connectivity index (χ4v) is 2.96. The van der Waals surface area contributed by atoms with Crippen molar-refractivity contribution in [2.45, 2.75) is 32.4 Å². The van der Waals surface area contributed by atoms with Gasteiger partial charge in [-0.25, -0.2) is 4.79 Å². The van der Waals surface area contributed by atoms with Crippen LogP contribution in [0.5, 0.6) is 5.75 Å². The van der Waals surface area contributed by atoms with E-state index in [1.54, 1.807) is 12.1 Å². The third-order valence-corrected chi connectivity index (χ3v) is 4.19. The van der Waals surface area contributed by atoms with E-state index in [0.29, 0.717) is 12.2 Å². The first-order valence-corrected chi connectivity index (χ1v) is 8.40. The van der Waals surface area contributed by atoms with Crippen LogP contribution in [0.3, 0.4) is 0 Å². The van der Waals surface area contributed by atoms with Crippen molar-refractivity contribution in [3.8, 4) is 5.75 Å². The Morgan fingerprint density at radius 1 is 1.24 bits per heavy atom. The summed E-state index contributed by atoms with van der Waals surface area (Å²) in [7, 11) is 0. The normalized spacial score (nSPS) is 16.7. The molecule has 25 heavy (non-hydrogen) atoms. The van der Waals surface area contributed by atoms with Crippen LogP contribution in [0.25, 0.3) is 0 Å². The second kappa shape index (κ2) is 7.38. The molecule has 0 radical (unpaired) electrons. The number of hydrogen-bond donors (Lipinski definition) is 1. The van der Waals surface area contributed by atoms with Crippen molar-refractivity contribution in [1.29, 1.82) is 0 Å². The Morgan fingerprint density at radius 2 is 2.04 bits per heavy atom. The van der Waals surface area contributed by atoms with Gasteiger partial charge in [0.1, 0.15) is 11.9 Å². The van der Waals surface area contributed by atoms with E-state index in [4.69, 9.17) is 9.47 Å². The summed E-state index contributed by atoms with van der Waals surface area (Å²) < 4.78 is 10.8. The van der Waals surface area contributed by atoms with Crippen molar-refractivity contribution in [2.24, 2.45) is 0 Å². The molecule has 0 saturated carbocycles. The van der Waals surface area contributed by atoms with E-state index in [0.717, 1.165) is 16.9 Å². The van der Waals surface area contributed by atoms with Crippen LogP contribution in [0.15, 0.2) is 48.5 Å². The third-order valence-electron chi connectivity index (χ3n) is 4.19. The topological polar surface area (TPSA) is 64.6 Å². The molecule has 3 rings (SSSR count). The standard InChI is InChI=1S/C20H21NO4/c1-3-24-15-8-6-7-14(11-15)13(2)21-19(22)12-18-16-9-4-5-10-17(16)20(23)25-18/h4-11,13,18H,3,12H2,1-2H3,(H,21,22)/t13-,18+/m0/s1. The minimum absolute atomic E-state index is 0.109. The van der Waals surface area contributed by atoms with Crippen molar-refractivity contribution in [1.82, 2.24) is 5.32 Å². The van der Waals surface area contributed by atoms with Gasteiger partial charge < -0.3 is 14.8 Å². The van der Waals surface area contributed by atoms with E-state index in [9.17, 15) is 9.59 Å². The van der Waals surface area contributed by atoms with Gasteiger partial charge in [-0.3, -0.25) is 4.79 Å². The fraction of sp³-hybridized carbons (Fsp3) is 0.300. The summed E-state index contributed by atoms with van der Waals surface area (Å²) in [6.07, 6.45) is -0.413. The lowest BCUT2D eigenvalue weighted by Crippen LogP contribution is -2.28. The third kappa shape index (κ3) is 3.82. The number of fused-ring (bicyclic) bond motifs is 1. The van der Waals surface area contributed by atoms with Gasteiger partial charge in [0.15, 0.2) is 0 Å². The summed E-state index contributed by atoms with van der Waals surface area (Å²) in [6, 6.07) is 14.7. The van der Waals surface area contributed by atoms with Crippen LogP contribution in [-0.2, 0) is 9.53 Å². The molecular weight excluding hydrogens is 318 g/mol. The number of cyclic esters (lactones) is 1. The lowest BCUT2D eigenvalue weighted by molar-refractivity contribution is -0.123. The molecule has 0 saturated heterocycles. The molecule has 2 aromatic rings. The van der Waals surface area contributed by atoms with Gasteiger partial charge in [0.05, 0.1) is 24.6 Å². The Bertz CT molecular complexity index is 787. The van der Waals surface area contributed by atoms with E-state index in [1.165, 1.54) is 0 Å². The molecule has 0 aromatic heterocycles. The van der Waals surface area contributed by atoms with Crippen molar-refractivity contribution in [3.05, 3.63) is 65.2 Å². The first kappa shape index (κ1) is 17.0. The summed E-state index contributed by atoms with van der Waals surface area (Å²) >= 11 is 0. The number of amides is 1. The van der Waals surface area contributed by atoms with Crippen LogP contribution < -0.4 is 10.1 Å². The lowest BCUT2D eigenvalue weighted by Gasteiger charge is -2.17. The Kier molecular flexibility index (Phi) is 5.03. The first-order chi connectivity index (χ1) is 12.1. The van der Waals surface area contributed by atoms with Gasteiger partial charge in [-0.15, -0.1) is 0 Å². The molecule has 130 valence electrons. The molecule has 2 atom stereocenters. The fourth-order valence-electron chi connectivity index (χ4n) is 2.96. The molecule has 0 aliphatic carbocycles. The molecule has 0 spiro atoms. The second-order valence-corrected chi connectivity index (χ2v) is 5.98. The minimum Gasteiger partial charge on any atom is -0.494 e. The summed E-state index contributed by atoms with van der Waals surface area (Å²) in [5.41, 5.74) is 2.27. The quantitative estimate of drug-likeness (QED) is 0.817. The number of esters is 1. The van der Waals surface area contributed by atoms with Gasteiger partial charge in [0.2, 0.25) is 5.91 Å². The highest BCUT2D eigenvalue weighted by molar-refractivity contribution is 5.94. The molecule has 1 amide bonds. The zero-order valence-corrected chi connectivity index (χ0v) is 14.3. The molecule has 2 aromatic carbocycles. The van der Waals surface area contributed by atoms with Gasteiger partial charge in [-0.1, -0.05) is 30.3 Å². The summed E-state index contributed by atoms with van der Waals surface area (Å²) in [5.74, 6) is 0.245. The Balaban J connectivity index is 1.63. The number of carbonyl (C=O) groups excluding carboxylic acids is 2. The summed E-state index contributed by atoms with van der Waals surface area (Å²) in [6.45, 7) is 4.44. The average Bonchev–Trinajstić information content (AvgIpc) is 2.91. The zero-order valence-electron chi connectivity index (χ0n) is 14.3. The molecule has 5 heteroatoms. The molecule has 1 N–H and O–H groups in total. The maximum atomic E-state index is 12.4. The van der Waals surface area contributed by atoms with E-state index in [2.05, 4.69) is 5.32 Å². The maximum absolute atomic E-state index is 12.4. The number of ether oxygens (including phenoxy) is 2. The van der Waals surface area contributed by atoms with Crippen LogP contribution in [0.2, 0.25) is 0 Å². The predicted octanol–water partition coefficient (Wildman–Crippen LogP) is 3.56. The highest BCUT2D eigenvalue weighted by Gasteiger charge is 2.32. The largest absolute Gasteiger partial charge is 0.494 e. The Hall–Kier alpha value is -2.82.